The zero-order valence-electron chi connectivity index (χ0n) is 18.9. The summed E-state index contributed by atoms with van der Waals surface area (Å²) in [5.41, 5.74) is 3.50. The molecule has 7 nitrogen and oxygen atoms in total. The number of likely N-dealkylation sites (tertiary alicyclic amines) is 1. The van der Waals surface area contributed by atoms with Crippen LogP contribution in [0.4, 0.5) is 0 Å². The summed E-state index contributed by atoms with van der Waals surface area (Å²) in [5.74, 6) is 0.777. The lowest BCUT2D eigenvalue weighted by Gasteiger charge is -2.28. The quantitative estimate of drug-likeness (QED) is 0.406. The van der Waals surface area contributed by atoms with E-state index in [1.807, 2.05) is 29.2 Å². The molecule has 0 spiro atoms. The molecule has 0 saturated carbocycles. The number of aromatic nitrogens is 3. The molecule has 1 fully saturated rings. The number of hydrogen-bond donors (Lipinski definition) is 0. The second-order valence-corrected chi connectivity index (χ2v) is 10.5. The summed E-state index contributed by atoms with van der Waals surface area (Å²) in [6.07, 6.45) is 8.06. The van der Waals surface area contributed by atoms with E-state index in [9.17, 15) is 9.59 Å². The number of halogens is 1. The molecule has 1 saturated heterocycles. The van der Waals surface area contributed by atoms with Gasteiger partial charge in [0.05, 0.1) is 23.1 Å². The van der Waals surface area contributed by atoms with Crippen molar-refractivity contribution in [3.8, 4) is 16.9 Å². The first-order chi connectivity index (χ1) is 17.1. The first-order valence-electron chi connectivity index (χ1n) is 11.7. The van der Waals surface area contributed by atoms with Crippen LogP contribution in [-0.2, 0) is 17.8 Å². The number of fused-ring (bicyclic) bond motifs is 2. The number of carbonyl (C=O) groups is 1. The molecular formula is C26H23ClN4O3S. The zero-order valence-corrected chi connectivity index (χ0v) is 20.5. The van der Waals surface area contributed by atoms with Crippen LogP contribution in [0.2, 0.25) is 5.02 Å². The van der Waals surface area contributed by atoms with Crippen molar-refractivity contribution in [1.29, 1.82) is 0 Å². The Morgan fingerprint density at radius 3 is 2.80 bits per heavy atom. The molecule has 2 aliphatic heterocycles. The summed E-state index contributed by atoms with van der Waals surface area (Å²) in [7, 11) is 0. The van der Waals surface area contributed by atoms with E-state index in [1.54, 1.807) is 22.1 Å². The van der Waals surface area contributed by atoms with Crippen molar-refractivity contribution in [2.45, 2.75) is 38.3 Å². The Balaban J connectivity index is 1.36. The molecule has 1 unspecified atom stereocenters. The summed E-state index contributed by atoms with van der Waals surface area (Å²) < 4.78 is 8.87. The average Bonchev–Trinajstić information content (AvgIpc) is 3.48. The van der Waals surface area contributed by atoms with Gasteiger partial charge in [-0.15, -0.1) is 11.3 Å². The molecule has 3 aromatic heterocycles. The summed E-state index contributed by atoms with van der Waals surface area (Å²) in [5, 5.41) is 0.608. The number of pyridine rings is 1. The SMILES string of the molecule is O=C(C1Cc2cc(Cl)cc(-c3ccnc4cc(Cn5cnccc5=O)sc34)c2O1)N1CCCCC1. The van der Waals surface area contributed by atoms with Crippen molar-refractivity contribution in [2.24, 2.45) is 0 Å². The van der Waals surface area contributed by atoms with Gasteiger partial charge in [-0.05, 0) is 43.5 Å². The maximum atomic E-state index is 13.1. The summed E-state index contributed by atoms with van der Waals surface area (Å²) in [6.45, 7) is 2.01. The van der Waals surface area contributed by atoms with Crippen molar-refractivity contribution in [1.82, 2.24) is 19.4 Å². The summed E-state index contributed by atoms with van der Waals surface area (Å²) >= 11 is 8.11. The number of nitrogens with zero attached hydrogens (tertiary/aromatic N) is 4. The molecule has 9 heteroatoms. The second-order valence-electron chi connectivity index (χ2n) is 8.97. The van der Waals surface area contributed by atoms with Crippen molar-refractivity contribution in [3.63, 3.8) is 0 Å². The molecule has 0 bridgehead atoms. The van der Waals surface area contributed by atoms with E-state index in [0.717, 1.165) is 63.5 Å². The number of rotatable bonds is 4. The van der Waals surface area contributed by atoms with E-state index in [0.29, 0.717) is 18.0 Å². The smallest absolute Gasteiger partial charge is 0.263 e. The number of benzene rings is 1. The molecule has 5 heterocycles. The van der Waals surface area contributed by atoms with Crippen LogP contribution in [0.5, 0.6) is 5.75 Å². The van der Waals surface area contributed by atoms with E-state index in [1.165, 1.54) is 25.0 Å². The summed E-state index contributed by atoms with van der Waals surface area (Å²) in [6, 6.07) is 9.20. The molecular weight excluding hydrogens is 484 g/mol. The highest BCUT2D eigenvalue weighted by Gasteiger charge is 2.35. The van der Waals surface area contributed by atoms with Crippen molar-refractivity contribution in [2.75, 3.05) is 13.1 Å². The highest BCUT2D eigenvalue weighted by molar-refractivity contribution is 7.19. The van der Waals surface area contributed by atoms with Gasteiger partial charge in [-0.2, -0.15) is 0 Å². The van der Waals surface area contributed by atoms with Crippen LogP contribution in [0.15, 0.2) is 53.8 Å². The van der Waals surface area contributed by atoms with Crippen LogP contribution < -0.4 is 10.3 Å². The van der Waals surface area contributed by atoms with Gasteiger partial charge in [0.15, 0.2) is 6.10 Å². The lowest BCUT2D eigenvalue weighted by Crippen LogP contribution is -2.43. The number of carbonyl (C=O) groups excluding carboxylic acids is 1. The zero-order chi connectivity index (χ0) is 23.9. The van der Waals surface area contributed by atoms with Gasteiger partial charge in [-0.25, -0.2) is 4.98 Å². The fourth-order valence-corrected chi connectivity index (χ4v) is 6.30. The highest BCUT2D eigenvalue weighted by atomic mass is 35.5. The van der Waals surface area contributed by atoms with Gasteiger partial charge in [-0.1, -0.05) is 11.6 Å². The number of thiophene rings is 1. The summed E-state index contributed by atoms with van der Waals surface area (Å²) in [4.78, 5) is 36.8. The lowest BCUT2D eigenvalue weighted by molar-refractivity contribution is -0.138. The monoisotopic (exact) mass is 506 g/mol. The molecule has 1 aromatic carbocycles. The Kier molecular flexibility index (Phi) is 5.78. The topological polar surface area (TPSA) is 77.3 Å². The van der Waals surface area contributed by atoms with Crippen LogP contribution in [0, 0.1) is 0 Å². The fourth-order valence-electron chi connectivity index (χ4n) is 4.92. The van der Waals surface area contributed by atoms with E-state index >= 15 is 0 Å². The van der Waals surface area contributed by atoms with Gasteiger partial charge in [0.25, 0.3) is 11.5 Å². The van der Waals surface area contributed by atoms with E-state index in [2.05, 4.69) is 9.97 Å². The molecule has 1 atom stereocenters. The van der Waals surface area contributed by atoms with Gasteiger partial charge in [0, 0.05) is 64.6 Å². The minimum absolute atomic E-state index is 0.0585. The van der Waals surface area contributed by atoms with E-state index in [-0.39, 0.29) is 11.5 Å². The number of ether oxygens (including phenoxy) is 1. The van der Waals surface area contributed by atoms with Gasteiger partial charge in [0.1, 0.15) is 5.75 Å². The predicted octanol–water partition coefficient (Wildman–Crippen LogP) is 4.54. The maximum absolute atomic E-state index is 13.1. The molecule has 1 amide bonds. The van der Waals surface area contributed by atoms with Gasteiger partial charge in [0.2, 0.25) is 0 Å². The van der Waals surface area contributed by atoms with Crippen LogP contribution >= 0.6 is 22.9 Å². The number of piperidine rings is 1. The van der Waals surface area contributed by atoms with Crippen molar-refractivity contribution >= 4 is 39.1 Å². The van der Waals surface area contributed by atoms with Crippen LogP contribution in [0.25, 0.3) is 21.3 Å². The van der Waals surface area contributed by atoms with Gasteiger partial charge >= 0.3 is 0 Å². The van der Waals surface area contributed by atoms with E-state index < -0.39 is 6.10 Å². The molecule has 0 N–H and O–H groups in total. The standard InChI is InChI=1S/C26H23ClN4O3S/c27-17-10-16-11-22(26(33)30-8-2-1-3-9-30)34-24(16)20(12-17)19-4-7-29-21-13-18(35-25(19)21)14-31-15-28-6-5-23(31)32/h4-7,10,12-13,15,22H,1-3,8-9,11,14H2. The molecule has 2 aliphatic rings. The third-order valence-electron chi connectivity index (χ3n) is 6.61. The third-order valence-corrected chi connectivity index (χ3v) is 7.97. The fraction of sp³-hybridized carbons (Fsp3) is 0.308. The van der Waals surface area contributed by atoms with Crippen LogP contribution in [0.1, 0.15) is 29.7 Å². The van der Waals surface area contributed by atoms with Crippen LogP contribution in [-0.4, -0.2) is 44.5 Å². The van der Waals surface area contributed by atoms with E-state index in [4.69, 9.17) is 16.3 Å². The Morgan fingerprint density at radius 2 is 1.97 bits per heavy atom. The minimum Gasteiger partial charge on any atom is -0.479 e. The Morgan fingerprint density at radius 1 is 1.11 bits per heavy atom. The Bertz CT molecular complexity index is 1490. The second kappa shape index (κ2) is 9.09. The third kappa shape index (κ3) is 4.21. The van der Waals surface area contributed by atoms with Gasteiger partial charge in [-0.3, -0.25) is 19.1 Å². The molecule has 178 valence electrons. The minimum atomic E-state index is -0.519. The average molecular weight is 507 g/mol. The van der Waals surface area contributed by atoms with Gasteiger partial charge < -0.3 is 9.64 Å². The highest BCUT2D eigenvalue weighted by Crippen LogP contribution is 2.44. The first-order valence-corrected chi connectivity index (χ1v) is 12.9. The van der Waals surface area contributed by atoms with Crippen LogP contribution in [0.3, 0.4) is 0 Å². The van der Waals surface area contributed by atoms with Crippen molar-refractivity contribution in [3.05, 3.63) is 74.9 Å². The maximum Gasteiger partial charge on any atom is 0.263 e. The number of hydrogen-bond acceptors (Lipinski definition) is 6. The molecule has 0 aliphatic carbocycles. The molecule has 6 rings (SSSR count). The van der Waals surface area contributed by atoms with Crippen molar-refractivity contribution < 1.29 is 9.53 Å². The number of amides is 1. The normalized spacial score (nSPS) is 17.4. The lowest BCUT2D eigenvalue weighted by atomic mass is 10.0. The Labute approximate surface area is 211 Å². The molecule has 35 heavy (non-hydrogen) atoms. The predicted molar refractivity (Wildman–Crippen MR) is 136 cm³/mol. The molecule has 4 aromatic rings. The first kappa shape index (κ1) is 22.2. The largest absolute Gasteiger partial charge is 0.479 e. The molecule has 0 radical (unpaired) electrons. The Hall–Kier alpha value is -3.23.